The van der Waals surface area contributed by atoms with E-state index in [4.69, 9.17) is 0 Å². The second kappa shape index (κ2) is 4.74. The maximum atomic E-state index is 12.4. The molecule has 1 aromatic carbocycles. The molecule has 1 aliphatic heterocycles. The number of benzene rings is 1. The maximum Gasteiger partial charge on any atom is 0.270 e. The summed E-state index contributed by atoms with van der Waals surface area (Å²) in [4.78, 5) is 4.28. The van der Waals surface area contributed by atoms with E-state index >= 15 is 0 Å². The summed E-state index contributed by atoms with van der Waals surface area (Å²) in [5.74, 6) is 0. The summed E-state index contributed by atoms with van der Waals surface area (Å²) in [6, 6.07) is 6.30. The smallest absolute Gasteiger partial charge is 0.270 e. The third-order valence-corrected chi connectivity index (χ3v) is 4.13. The lowest BCUT2D eigenvalue weighted by Gasteiger charge is -2.25. The van der Waals surface area contributed by atoms with Gasteiger partial charge in [-0.1, -0.05) is 6.07 Å². The summed E-state index contributed by atoms with van der Waals surface area (Å²) in [6.45, 7) is 0.280. The van der Waals surface area contributed by atoms with Crippen LogP contribution < -0.4 is 5.32 Å². The van der Waals surface area contributed by atoms with E-state index in [0.717, 1.165) is 15.8 Å². The van der Waals surface area contributed by atoms with Gasteiger partial charge in [-0.2, -0.15) is 8.78 Å². The van der Waals surface area contributed by atoms with Crippen LogP contribution in [0.4, 0.5) is 8.78 Å². The Kier molecular flexibility index (Phi) is 3.09. The van der Waals surface area contributed by atoms with Gasteiger partial charge < -0.3 is 5.32 Å². The second-order valence-corrected chi connectivity index (χ2v) is 5.30. The average molecular weight is 266 g/mol. The number of fused-ring (bicyclic) bond motifs is 1. The molecular formula is C13H12F2N2S. The number of thiazole rings is 1. The molecule has 1 fully saturated rings. The molecule has 1 atom stereocenters. The molecule has 3 rings (SSSR count). The third kappa shape index (κ3) is 2.15. The molecule has 1 aromatic heterocycles. The molecule has 0 bridgehead atoms. The van der Waals surface area contributed by atoms with E-state index < -0.39 is 6.08 Å². The van der Waals surface area contributed by atoms with Crippen LogP contribution in [0.5, 0.6) is 0 Å². The van der Waals surface area contributed by atoms with Gasteiger partial charge in [-0.05, 0) is 30.5 Å². The number of hydrogen-bond donors (Lipinski definition) is 1. The van der Waals surface area contributed by atoms with Gasteiger partial charge in [-0.25, -0.2) is 4.98 Å². The van der Waals surface area contributed by atoms with Crippen molar-refractivity contribution in [2.45, 2.75) is 18.9 Å². The molecular weight excluding hydrogens is 254 g/mol. The van der Waals surface area contributed by atoms with Crippen LogP contribution in [0.2, 0.25) is 0 Å². The van der Waals surface area contributed by atoms with Crippen molar-refractivity contribution in [1.82, 2.24) is 10.3 Å². The number of hydrogen-bond acceptors (Lipinski definition) is 3. The highest BCUT2D eigenvalue weighted by atomic mass is 32.1. The summed E-state index contributed by atoms with van der Waals surface area (Å²) in [7, 11) is 0. The van der Waals surface area contributed by atoms with E-state index in [1.807, 2.05) is 17.6 Å². The van der Waals surface area contributed by atoms with Gasteiger partial charge in [0.1, 0.15) is 0 Å². The summed E-state index contributed by atoms with van der Waals surface area (Å²) >= 11 is 1.61. The first-order valence-electron chi connectivity index (χ1n) is 5.83. The van der Waals surface area contributed by atoms with Crippen molar-refractivity contribution in [3.63, 3.8) is 0 Å². The third-order valence-electron chi connectivity index (χ3n) is 3.32. The van der Waals surface area contributed by atoms with Gasteiger partial charge in [0.2, 0.25) is 0 Å². The molecule has 2 heterocycles. The Balaban J connectivity index is 1.81. The van der Waals surface area contributed by atoms with E-state index in [9.17, 15) is 8.78 Å². The monoisotopic (exact) mass is 266 g/mol. The minimum atomic E-state index is -1.53. The van der Waals surface area contributed by atoms with Crippen LogP contribution in [0.3, 0.4) is 0 Å². The Morgan fingerprint density at radius 3 is 3.00 bits per heavy atom. The highest BCUT2D eigenvalue weighted by molar-refractivity contribution is 7.16. The Morgan fingerprint density at radius 2 is 2.28 bits per heavy atom. The summed E-state index contributed by atoms with van der Waals surface area (Å²) in [5.41, 5.74) is 4.17. The minimum absolute atomic E-state index is 0.152. The Labute approximate surface area is 107 Å². The second-order valence-electron chi connectivity index (χ2n) is 4.42. The van der Waals surface area contributed by atoms with Crippen LogP contribution in [-0.2, 0) is 0 Å². The lowest BCUT2D eigenvalue weighted by Crippen LogP contribution is -2.28. The molecule has 94 valence electrons. The van der Waals surface area contributed by atoms with Gasteiger partial charge in [-0.15, -0.1) is 11.3 Å². The van der Waals surface area contributed by atoms with Gasteiger partial charge in [0.25, 0.3) is 6.08 Å². The van der Waals surface area contributed by atoms with Gasteiger partial charge in [-0.3, -0.25) is 0 Å². The van der Waals surface area contributed by atoms with E-state index in [-0.39, 0.29) is 18.2 Å². The van der Waals surface area contributed by atoms with Crippen LogP contribution in [0, 0.1) is 0 Å². The van der Waals surface area contributed by atoms with Crippen LogP contribution >= 0.6 is 11.3 Å². The lowest BCUT2D eigenvalue weighted by atomic mass is 9.95. The van der Waals surface area contributed by atoms with Crippen LogP contribution in [0.25, 0.3) is 10.2 Å². The van der Waals surface area contributed by atoms with Crippen molar-refractivity contribution in [3.8, 4) is 0 Å². The zero-order valence-corrected chi connectivity index (χ0v) is 10.4. The van der Waals surface area contributed by atoms with E-state index in [0.29, 0.717) is 12.8 Å². The fraction of sp³-hybridized carbons (Fsp3) is 0.308. The summed E-state index contributed by atoms with van der Waals surface area (Å²) in [5, 5.41) is 3.16. The number of piperidine rings is 1. The van der Waals surface area contributed by atoms with Crippen molar-refractivity contribution in [3.05, 3.63) is 40.9 Å². The number of nitrogens with one attached hydrogen (secondary N) is 1. The minimum Gasteiger partial charge on any atom is -0.306 e. The first-order valence-corrected chi connectivity index (χ1v) is 6.71. The van der Waals surface area contributed by atoms with Crippen molar-refractivity contribution in [2.24, 2.45) is 0 Å². The molecule has 1 saturated heterocycles. The number of nitrogens with zero attached hydrogens (tertiary/aromatic N) is 1. The van der Waals surface area contributed by atoms with E-state index in [1.54, 1.807) is 11.3 Å². The fourth-order valence-corrected chi connectivity index (χ4v) is 2.95. The molecule has 0 amide bonds. The standard InChI is InChI=1S/C13H12F2N2S/c14-13(15)9-1-3-10(16-6-9)8-2-4-12-11(5-8)17-7-18-12/h2,4-5,7,10,16H,1,3,6H2. The molecule has 5 heteroatoms. The molecule has 18 heavy (non-hydrogen) atoms. The molecule has 1 N–H and O–H groups in total. The molecule has 1 unspecified atom stereocenters. The average Bonchev–Trinajstić information content (AvgIpc) is 2.86. The molecule has 0 saturated carbocycles. The van der Waals surface area contributed by atoms with Gasteiger partial charge >= 0.3 is 0 Å². The van der Waals surface area contributed by atoms with Gasteiger partial charge in [0, 0.05) is 18.2 Å². The number of rotatable bonds is 1. The van der Waals surface area contributed by atoms with Crippen LogP contribution in [0.15, 0.2) is 35.4 Å². The fourth-order valence-electron chi connectivity index (χ4n) is 2.29. The molecule has 2 nitrogen and oxygen atoms in total. The van der Waals surface area contributed by atoms with Crippen LogP contribution in [-0.4, -0.2) is 11.5 Å². The predicted molar refractivity (Wildman–Crippen MR) is 68.8 cm³/mol. The van der Waals surface area contributed by atoms with Crippen molar-refractivity contribution in [2.75, 3.05) is 6.54 Å². The molecule has 1 aliphatic rings. The van der Waals surface area contributed by atoms with Gasteiger partial charge in [0.05, 0.1) is 15.7 Å². The topological polar surface area (TPSA) is 24.9 Å². The molecule has 2 aromatic rings. The Bertz CT molecular complexity index is 592. The van der Waals surface area contributed by atoms with Crippen LogP contribution in [0.1, 0.15) is 24.4 Å². The zero-order valence-electron chi connectivity index (χ0n) is 9.62. The SMILES string of the molecule is FC(F)=C1CCC(c2ccc3scnc3c2)NC1. The summed E-state index contributed by atoms with van der Waals surface area (Å²) in [6.07, 6.45) is -0.354. The molecule has 0 aliphatic carbocycles. The lowest BCUT2D eigenvalue weighted by molar-refractivity contribution is 0.380. The Morgan fingerprint density at radius 1 is 1.39 bits per heavy atom. The number of aromatic nitrogens is 1. The highest BCUT2D eigenvalue weighted by Crippen LogP contribution is 2.29. The first-order chi connectivity index (χ1) is 8.74. The van der Waals surface area contributed by atoms with Gasteiger partial charge in [0.15, 0.2) is 0 Å². The zero-order chi connectivity index (χ0) is 12.5. The maximum absolute atomic E-state index is 12.4. The largest absolute Gasteiger partial charge is 0.306 e. The first kappa shape index (κ1) is 11.7. The quantitative estimate of drug-likeness (QED) is 0.847. The number of halogens is 2. The normalized spacial score (nSPS) is 20.3. The van der Waals surface area contributed by atoms with Crippen molar-refractivity contribution in [1.29, 1.82) is 0 Å². The van der Waals surface area contributed by atoms with Crippen molar-refractivity contribution < 1.29 is 8.78 Å². The van der Waals surface area contributed by atoms with Crippen molar-refractivity contribution >= 4 is 21.6 Å². The molecule has 0 spiro atoms. The Hall–Kier alpha value is -1.33. The van der Waals surface area contributed by atoms with E-state index in [2.05, 4.69) is 16.4 Å². The molecule has 0 radical (unpaired) electrons. The summed E-state index contributed by atoms with van der Waals surface area (Å²) < 4.78 is 26.1. The van der Waals surface area contributed by atoms with E-state index in [1.165, 1.54) is 0 Å². The highest BCUT2D eigenvalue weighted by Gasteiger charge is 2.20. The predicted octanol–water partition coefficient (Wildman–Crippen LogP) is 3.87.